The van der Waals surface area contributed by atoms with Crippen molar-refractivity contribution in [3.8, 4) is 11.5 Å². The number of halogens is 2. The van der Waals surface area contributed by atoms with Gasteiger partial charge in [0.1, 0.15) is 24.7 Å². The van der Waals surface area contributed by atoms with Crippen LogP contribution < -0.4 is 9.47 Å². The molecule has 0 heterocycles. The zero-order valence-electron chi connectivity index (χ0n) is 12.9. The van der Waals surface area contributed by atoms with E-state index in [1.54, 1.807) is 0 Å². The summed E-state index contributed by atoms with van der Waals surface area (Å²) >= 11 is 11.7. The van der Waals surface area contributed by atoms with E-state index in [-0.39, 0.29) is 0 Å². The lowest BCUT2D eigenvalue weighted by molar-refractivity contribution is 0.300. The van der Waals surface area contributed by atoms with E-state index >= 15 is 0 Å². The molecule has 0 atom stereocenters. The van der Waals surface area contributed by atoms with Gasteiger partial charge in [0.25, 0.3) is 0 Å². The van der Waals surface area contributed by atoms with Crippen LogP contribution in [0, 0.1) is 0 Å². The summed E-state index contributed by atoms with van der Waals surface area (Å²) in [5, 5.41) is 1.40. The van der Waals surface area contributed by atoms with Gasteiger partial charge in [0.15, 0.2) is 0 Å². The van der Waals surface area contributed by atoms with Crippen molar-refractivity contribution >= 4 is 23.2 Å². The minimum Gasteiger partial charge on any atom is -0.489 e. The van der Waals surface area contributed by atoms with Gasteiger partial charge in [-0.15, -0.1) is 0 Å². The minimum absolute atomic E-state index is 0.496. The van der Waals surface area contributed by atoms with Crippen molar-refractivity contribution in [1.82, 2.24) is 0 Å². The fourth-order valence-electron chi connectivity index (χ4n) is 2.20. The molecule has 24 heavy (non-hydrogen) atoms. The second kappa shape index (κ2) is 8.09. The molecule has 0 bridgehead atoms. The highest BCUT2D eigenvalue weighted by Gasteiger charge is 2.00. The monoisotopic (exact) mass is 358 g/mol. The third-order valence-electron chi connectivity index (χ3n) is 3.43. The maximum absolute atomic E-state index is 5.87. The van der Waals surface area contributed by atoms with Crippen LogP contribution in [0.15, 0.2) is 72.8 Å². The van der Waals surface area contributed by atoms with Gasteiger partial charge in [-0.05, 0) is 65.7 Å². The van der Waals surface area contributed by atoms with Crippen LogP contribution >= 0.6 is 23.2 Å². The lowest BCUT2D eigenvalue weighted by Gasteiger charge is -2.09. The maximum atomic E-state index is 5.87. The molecule has 0 aliphatic heterocycles. The average Bonchev–Trinajstić information content (AvgIpc) is 2.61. The van der Waals surface area contributed by atoms with E-state index in [9.17, 15) is 0 Å². The molecule has 0 saturated heterocycles. The van der Waals surface area contributed by atoms with Gasteiger partial charge in [-0.2, -0.15) is 0 Å². The summed E-state index contributed by atoms with van der Waals surface area (Å²) in [6.45, 7) is 0.993. The summed E-state index contributed by atoms with van der Waals surface area (Å²) < 4.78 is 11.5. The van der Waals surface area contributed by atoms with Gasteiger partial charge in [0, 0.05) is 10.0 Å². The van der Waals surface area contributed by atoms with Crippen molar-refractivity contribution in [3.05, 3.63) is 94.0 Å². The molecule has 0 aliphatic rings. The van der Waals surface area contributed by atoms with Crippen LogP contribution in [-0.2, 0) is 13.2 Å². The number of hydrogen-bond acceptors (Lipinski definition) is 2. The Morgan fingerprint density at radius 1 is 0.583 bits per heavy atom. The van der Waals surface area contributed by atoms with Crippen LogP contribution in [0.5, 0.6) is 11.5 Å². The molecular formula is C20H16Cl2O2. The summed E-state index contributed by atoms with van der Waals surface area (Å²) in [6.07, 6.45) is 0. The van der Waals surface area contributed by atoms with E-state index in [1.807, 2.05) is 66.7 Å². The van der Waals surface area contributed by atoms with Gasteiger partial charge >= 0.3 is 0 Å². The highest BCUT2D eigenvalue weighted by Crippen LogP contribution is 2.19. The van der Waals surface area contributed by atoms with Gasteiger partial charge in [-0.25, -0.2) is 0 Å². The number of benzene rings is 3. The van der Waals surface area contributed by atoms with Crippen LogP contribution in [0.2, 0.25) is 10.0 Å². The molecule has 122 valence electrons. The van der Waals surface area contributed by atoms with E-state index in [2.05, 4.69) is 6.07 Å². The Morgan fingerprint density at radius 2 is 1.00 bits per heavy atom. The number of ether oxygens (including phenoxy) is 2. The highest BCUT2D eigenvalue weighted by atomic mass is 35.5. The molecule has 2 nitrogen and oxygen atoms in total. The molecule has 3 rings (SSSR count). The zero-order chi connectivity index (χ0) is 16.8. The Labute approximate surface area is 151 Å². The Morgan fingerprint density at radius 3 is 1.42 bits per heavy atom. The second-order valence-corrected chi connectivity index (χ2v) is 6.18. The predicted molar refractivity (Wildman–Crippen MR) is 98.0 cm³/mol. The van der Waals surface area contributed by atoms with Crippen LogP contribution in [0.25, 0.3) is 0 Å². The number of hydrogen-bond donors (Lipinski definition) is 0. The van der Waals surface area contributed by atoms with Crippen molar-refractivity contribution in [3.63, 3.8) is 0 Å². The molecule has 0 aliphatic carbocycles. The van der Waals surface area contributed by atoms with Crippen LogP contribution in [0.3, 0.4) is 0 Å². The summed E-state index contributed by atoms with van der Waals surface area (Å²) in [5.41, 5.74) is 2.17. The van der Waals surface area contributed by atoms with E-state index in [1.165, 1.54) is 0 Å². The van der Waals surface area contributed by atoms with E-state index in [4.69, 9.17) is 32.7 Å². The van der Waals surface area contributed by atoms with Crippen molar-refractivity contribution in [2.24, 2.45) is 0 Å². The van der Waals surface area contributed by atoms with Gasteiger partial charge in [-0.3, -0.25) is 0 Å². The lowest BCUT2D eigenvalue weighted by Crippen LogP contribution is -1.99. The molecule has 0 radical (unpaired) electrons. The van der Waals surface area contributed by atoms with Crippen molar-refractivity contribution < 1.29 is 9.47 Å². The van der Waals surface area contributed by atoms with Crippen molar-refractivity contribution in [2.45, 2.75) is 13.2 Å². The molecule has 0 spiro atoms. The smallest absolute Gasteiger partial charge is 0.119 e. The first-order valence-corrected chi connectivity index (χ1v) is 8.29. The van der Waals surface area contributed by atoms with Gasteiger partial charge in [0.2, 0.25) is 0 Å². The summed E-state index contributed by atoms with van der Waals surface area (Å²) in [7, 11) is 0. The third-order valence-corrected chi connectivity index (χ3v) is 3.93. The van der Waals surface area contributed by atoms with Crippen LogP contribution in [-0.4, -0.2) is 0 Å². The van der Waals surface area contributed by atoms with Gasteiger partial charge in [0.05, 0.1) is 0 Å². The Balaban J connectivity index is 1.57. The van der Waals surface area contributed by atoms with Crippen molar-refractivity contribution in [1.29, 1.82) is 0 Å². The van der Waals surface area contributed by atoms with E-state index in [0.717, 1.165) is 22.6 Å². The number of rotatable bonds is 6. The average molecular weight is 359 g/mol. The molecule has 0 N–H and O–H groups in total. The largest absolute Gasteiger partial charge is 0.489 e. The van der Waals surface area contributed by atoms with Crippen LogP contribution in [0.1, 0.15) is 11.1 Å². The Bertz CT molecular complexity index is 719. The van der Waals surface area contributed by atoms with Gasteiger partial charge in [-0.1, -0.05) is 41.4 Å². The Hall–Kier alpha value is -2.16. The maximum Gasteiger partial charge on any atom is 0.119 e. The quantitative estimate of drug-likeness (QED) is 0.525. The molecule has 3 aromatic carbocycles. The molecule has 4 heteroatoms. The van der Waals surface area contributed by atoms with Crippen molar-refractivity contribution in [2.75, 3.05) is 0 Å². The first kappa shape index (κ1) is 16.7. The fourth-order valence-corrected chi connectivity index (χ4v) is 2.46. The summed E-state index contributed by atoms with van der Waals surface area (Å²) in [6, 6.07) is 22.8. The standard InChI is InChI=1S/C20H16Cl2O2/c21-17-4-8-19(9-5-17)23-13-15-2-1-3-16(12-15)14-24-20-10-6-18(22)7-11-20/h1-12H,13-14H2. The lowest BCUT2D eigenvalue weighted by atomic mass is 10.1. The normalized spacial score (nSPS) is 10.4. The summed E-state index contributed by atoms with van der Waals surface area (Å²) in [5.74, 6) is 1.59. The molecule has 0 unspecified atom stereocenters. The third kappa shape index (κ3) is 4.92. The SMILES string of the molecule is Clc1ccc(OCc2cccc(COc3ccc(Cl)cc3)c2)cc1. The van der Waals surface area contributed by atoms with E-state index < -0.39 is 0 Å². The summed E-state index contributed by atoms with van der Waals surface area (Å²) in [4.78, 5) is 0. The van der Waals surface area contributed by atoms with Crippen LogP contribution in [0.4, 0.5) is 0 Å². The topological polar surface area (TPSA) is 18.5 Å². The molecule has 0 saturated carbocycles. The molecule has 0 amide bonds. The first-order valence-electron chi connectivity index (χ1n) is 7.53. The van der Waals surface area contributed by atoms with E-state index in [0.29, 0.717) is 23.3 Å². The molecule has 0 aromatic heterocycles. The predicted octanol–water partition coefficient (Wildman–Crippen LogP) is 6.15. The molecule has 0 fully saturated rings. The second-order valence-electron chi connectivity index (χ2n) is 5.31. The molecule has 3 aromatic rings. The highest BCUT2D eigenvalue weighted by molar-refractivity contribution is 6.30. The van der Waals surface area contributed by atoms with Gasteiger partial charge < -0.3 is 9.47 Å². The zero-order valence-corrected chi connectivity index (χ0v) is 14.4. The Kier molecular flexibility index (Phi) is 5.63. The molecular weight excluding hydrogens is 343 g/mol. The first-order chi connectivity index (χ1) is 11.7. The fraction of sp³-hybridized carbons (Fsp3) is 0.100. The minimum atomic E-state index is 0.496.